The molecule has 0 radical (unpaired) electrons. The largest absolute Gasteiger partial charge is 0.309 e. The van der Waals surface area contributed by atoms with Gasteiger partial charge in [-0.2, -0.15) is 0 Å². The van der Waals surface area contributed by atoms with Gasteiger partial charge in [0, 0.05) is 49.4 Å². The van der Waals surface area contributed by atoms with Crippen LogP contribution in [0.3, 0.4) is 0 Å². The zero-order valence-corrected chi connectivity index (χ0v) is 27.7. The Kier molecular flexibility index (Phi) is 5.96. The maximum absolute atomic E-state index is 2.46. The summed E-state index contributed by atoms with van der Waals surface area (Å²) in [5.74, 6) is 0. The number of nitrogens with zero attached hydrogens (tertiary/aromatic N) is 3. The molecule has 0 amide bonds. The van der Waals surface area contributed by atoms with Crippen molar-refractivity contribution in [3.8, 4) is 28.2 Å². The van der Waals surface area contributed by atoms with Crippen LogP contribution in [0, 0.1) is 0 Å². The molecule has 11 rings (SSSR count). The third-order valence-electron chi connectivity index (χ3n) is 10.6. The van der Waals surface area contributed by atoms with Crippen LogP contribution in [0.4, 0.5) is 0 Å². The van der Waals surface area contributed by atoms with E-state index in [1.165, 1.54) is 82.2 Å². The van der Waals surface area contributed by atoms with Gasteiger partial charge >= 0.3 is 0 Å². The number of fused-ring (bicyclic) bond motifs is 10. The summed E-state index contributed by atoms with van der Waals surface area (Å²) in [5.41, 5.74) is 13.1. The Morgan fingerprint density at radius 1 is 0.255 bits per heavy atom. The van der Waals surface area contributed by atoms with Crippen LogP contribution >= 0.6 is 0 Å². The van der Waals surface area contributed by atoms with Crippen molar-refractivity contribution >= 4 is 65.4 Å². The van der Waals surface area contributed by atoms with E-state index in [0.29, 0.717) is 0 Å². The van der Waals surface area contributed by atoms with Crippen molar-refractivity contribution in [1.29, 1.82) is 0 Å². The lowest BCUT2D eigenvalue weighted by Gasteiger charge is -2.12. The van der Waals surface area contributed by atoms with Gasteiger partial charge in [-0.3, -0.25) is 0 Å². The highest BCUT2D eigenvalue weighted by atomic mass is 15.0. The Bertz CT molecular complexity index is 3120. The van der Waals surface area contributed by atoms with Crippen molar-refractivity contribution in [1.82, 2.24) is 13.7 Å². The van der Waals surface area contributed by atoms with Crippen LogP contribution < -0.4 is 0 Å². The minimum Gasteiger partial charge on any atom is -0.309 e. The Morgan fingerprint density at radius 3 is 1.53 bits per heavy atom. The lowest BCUT2D eigenvalue weighted by atomic mass is 10.1. The van der Waals surface area contributed by atoms with Crippen LogP contribution in [0.5, 0.6) is 0 Å². The topological polar surface area (TPSA) is 14.8 Å². The first-order valence-electron chi connectivity index (χ1n) is 17.5. The molecular formula is C48H31N3. The summed E-state index contributed by atoms with van der Waals surface area (Å²) >= 11 is 0. The van der Waals surface area contributed by atoms with Gasteiger partial charge in [-0.05, 0) is 77.9 Å². The van der Waals surface area contributed by atoms with Gasteiger partial charge in [0.1, 0.15) is 0 Å². The fourth-order valence-corrected chi connectivity index (χ4v) is 8.47. The molecule has 3 aromatic heterocycles. The number of aromatic nitrogens is 3. The number of rotatable bonds is 4. The molecule has 0 saturated heterocycles. The molecule has 3 heterocycles. The standard InChI is InChI=1S/C48H31N3/c1-3-14-32(15-4-1)33-16-13-19-35(30-33)49-42-23-10-8-21-38(42)41-31-36(26-28-45(41)49)50-44-25-12-9-22-40(44)47-46(50)29-27-39-37-20-7-11-24-43(37)51(48(39)47)34-17-5-2-6-18-34/h1-31H. The molecule has 11 aromatic rings. The Hall–Kier alpha value is -6.84. The van der Waals surface area contributed by atoms with Gasteiger partial charge in [0.25, 0.3) is 0 Å². The molecule has 0 spiro atoms. The number of benzene rings is 8. The molecule has 0 aliphatic rings. The van der Waals surface area contributed by atoms with E-state index in [4.69, 9.17) is 0 Å². The third kappa shape index (κ3) is 4.06. The fraction of sp³-hybridized carbons (Fsp3) is 0. The van der Waals surface area contributed by atoms with Crippen molar-refractivity contribution in [2.45, 2.75) is 0 Å². The lowest BCUT2D eigenvalue weighted by Crippen LogP contribution is -1.96. The van der Waals surface area contributed by atoms with Crippen molar-refractivity contribution in [2.24, 2.45) is 0 Å². The van der Waals surface area contributed by atoms with E-state index in [1.54, 1.807) is 0 Å². The molecule has 0 aliphatic carbocycles. The van der Waals surface area contributed by atoms with Crippen molar-refractivity contribution in [3.05, 3.63) is 188 Å². The van der Waals surface area contributed by atoms with Crippen LogP contribution in [-0.2, 0) is 0 Å². The zero-order valence-electron chi connectivity index (χ0n) is 27.7. The molecule has 238 valence electrons. The molecule has 0 aliphatic heterocycles. The molecule has 3 heteroatoms. The monoisotopic (exact) mass is 649 g/mol. The second kappa shape index (κ2) is 10.8. The molecule has 0 N–H and O–H groups in total. The molecule has 8 aromatic carbocycles. The van der Waals surface area contributed by atoms with Gasteiger partial charge in [0.05, 0.1) is 33.1 Å². The minimum atomic E-state index is 1.15. The maximum atomic E-state index is 2.46. The zero-order chi connectivity index (χ0) is 33.5. The molecule has 3 nitrogen and oxygen atoms in total. The first kappa shape index (κ1) is 28.0. The molecule has 0 saturated carbocycles. The van der Waals surface area contributed by atoms with E-state index in [2.05, 4.69) is 202 Å². The molecule has 0 fully saturated rings. The smallest absolute Gasteiger partial charge is 0.0641 e. The van der Waals surface area contributed by atoms with Crippen molar-refractivity contribution in [3.63, 3.8) is 0 Å². The van der Waals surface area contributed by atoms with Gasteiger partial charge in [-0.15, -0.1) is 0 Å². The third-order valence-corrected chi connectivity index (χ3v) is 10.6. The Morgan fingerprint density at radius 2 is 0.765 bits per heavy atom. The summed E-state index contributed by atoms with van der Waals surface area (Å²) in [7, 11) is 0. The van der Waals surface area contributed by atoms with E-state index >= 15 is 0 Å². The number of para-hydroxylation sites is 4. The van der Waals surface area contributed by atoms with E-state index in [9.17, 15) is 0 Å². The summed E-state index contributed by atoms with van der Waals surface area (Å²) in [6.07, 6.45) is 0. The summed E-state index contributed by atoms with van der Waals surface area (Å²) in [4.78, 5) is 0. The van der Waals surface area contributed by atoms with Crippen LogP contribution in [0.2, 0.25) is 0 Å². The van der Waals surface area contributed by atoms with Crippen molar-refractivity contribution < 1.29 is 0 Å². The van der Waals surface area contributed by atoms with Crippen molar-refractivity contribution in [2.75, 3.05) is 0 Å². The second-order valence-corrected chi connectivity index (χ2v) is 13.4. The summed E-state index contributed by atoms with van der Waals surface area (Å²) < 4.78 is 7.32. The first-order chi connectivity index (χ1) is 25.3. The summed E-state index contributed by atoms with van der Waals surface area (Å²) in [5, 5.41) is 7.52. The van der Waals surface area contributed by atoms with Gasteiger partial charge in [-0.1, -0.05) is 121 Å². The highest BCUT2D eigenvalue weighted by Crippen LogP contribution is 2.43. The van der Waals surface area contributed by atoms with Crippen LogP contribution in [0.15, 0.2) is 188 Å². The average molecular weight is 650 g/mol. The maximum Gasteiger partial charge on any atom is 0.0641 e. The van der Waals surface area contributed by atoms with Crippen LogP contribution in [-0.4, -0.2) is 13.7 Å². The van der Waals surface area contributed by atoms with Crippen LogP contribution in [0.25, 0.3) is 93.6 Å². The first-order valence-corrected chi connectivity index (χ1v) is 17.5. The highest BCUT2D eigenvalue weighted by Gasteiger charge is 2.21. The van der Waals surface area contributed by atoms with E-state index < -0.39 is 0 Å². The lowest BCUT2D eigenvalue weighted by molar-refractivity contribution is 1.16. The molecule has 0 unspecified atom stereocenters. The fourth-order valence-electron chi connectivity index (χ4n) is 8.47. The van der Waals surface area contributed by atoms with E-state index in [1.807, 2.05) is 0 Å². The molecular weight excluding hydrogens is 619 g/mol. The van der Waals surface area contributed by atoms with E-state index in [0.717, 1.165) is 11.4 Å². The Balaban J connectivity index is 1.20. The normalized spacial score (nSPS) is 11.9. The van der Waals surface area contributed by atoms with Gasteiger partial charge < -0.3 is 13.7 Å². The summed E-state index contributed by atoms with van der Waals surface area (Å²) in [6.45, 7) is 0. The van der Waals surface area contributed by atoms with Gasteiger partial charge in [-0.25, -0.2) is 0 Å². The number of hydrogen-bond acceptors (Lipinski definition) is 0. The SMILES string of the molecule is c1ccc(-c2cccc(-n3c4ccccc4c4cc(-n5c6ccccc6c6c5ccc5c7ccccc7n(-c7ccccc7)c56)ccc43)c2)cc1. The average Bonchev–Trinajstić information content (AvgIpc) is 3.84. The van der Waals surface area contributed by atoms with Gasteiger partial charge in [0.2, 0.25) is 0 Å². The Labute approximate surface area is 294 Å². The predicted molar refractivity (Wildman–Crippen MR) is 215 cm³/mol. The number of hydrogen-bond donors (Lipinski definition) is 0. The molecule has 0 atom stereocenters. The van der Waals surface area contributed by atoms with E-state index in [-0.39, 0.29) is 0 Å². The highest BCUT2D eigenvalue weighted by molar-refractivity contribution is 6.26. The second-order valence-electron chi connectivity index (χ2n) is 13.4. The summed E-state index contributed by atoms with van der Waals surface area (Å²) in [6, 6.07) is 68.4. The quantitative estimate of drug-likeness (QED) is 0.180. The molecule has 0 bridgehead atoms. The van der Waals surface area contributed by atoms with Crippen LogP contribution in [0.1, 0.15) is 0 Å². The van der Waals surface area contributed by atoms with Gasteiger partial charge in [0.15, 0.2) is 0 Å². The molecule has 51 heavy (non-hydrogen) atoms. The minimum absolute atomic E-state index is 1.15. The predicted octanol–water partition coefficient (Wildman–Crippen LogP) is 12.6.